The number of nitrogens with one attached hydrogen (secondary N) is 1. The lowest BCUT2D eigenvalue weighted by molar-refractivity contribution is -0.129. The Morgan fingerprint density at radius 3 is 2.71 bits per heavy atom. The van der Waals surface area contributed by atoms with Crippen molar-refractivity contribution in [1.82, 2.24) is 15.1 Å². The van der Waals surface area contributed by atoms with Gasteiger partial charge in [-0.05, 0) is 55.4 Å². The Labute approximate surface area is 165 Å². The molecule has 0 unspecified atom stereocenters. The number of carbonyl (C=O) groups excluding carboxylic acids is 3. The fraction of sp³-hybridized carbons (Fsp3) is 0.571. The summed E-state index contributed by atoms with van der Waals surface area (Å²) >= 11 is 0. The first kappa shape index (κ1) is 18.8. The molecule has 2 saturated heterocycles. The number of fused-ring (bicyclic) bond motifs is 1. The van der Waals surface area contributed by atoms with Gasteiger partial charge in [-0.25, -0.2) is 4.79 Å². The van der Waals surface area contributed by atoms with E-state index in [4.69, 9.17) is 4.74 Å². The molecule has 150 valence electrons. The van der Waals surface area contributed by atoms with E-state index in [-0.39, 0.29) is 23.8 Å². The molecule has 0 aliphatic carbocycles. The maximum absolute atomic E-state index is 13.0. The predicted molar refractivity (Wildman–Crippen MR) is 103 cm³/mol. The van der Waals surface area contributed by atoms with Crippen molar-refractivity contribution in [3.05, 3.63) is 29.3 Å². The monoisotopic (exact) mass is 385 g/mol. The molecule has 0 aromatic heterocycles. The van der Waals surface area contributed by atoms with E-state index < -0.39 is 5.54 Å². The lowest BCUT2D eigenvalue weighted by atomic mass is 9.85. The minimum Gasteiger partial charge on any atom is -0.493 e. The van der Waals surface area contributed by atoms with Crippen molar-refractivity contribution < 1.29 is 19.1 Å². The van der Waals surface area contributed by atoms with Crippen LogP contribution in [0.25, 0.3) is 0 Å². The molecule has 2 fully saturated rings. The summed E-state index contributed by atoms with van der Waals surface area (Å²) in [5.74, 6) is 0.885. The smallest absolute Gasteiger partial charge is 0.325 e. The Balaban J connectivity index is 1.48. The molecule has 3 aliphatic rings. The standard InChI is InChI=1S/C21H27N3O4/c1-14(2)13-24-20(27)22-19(26)21(24)7-9-23(10-8-21)18(25)16-5-6-17-15(12-16)4-3-11-28-17/h5-6,12,14H,3-4,7-11,13H2,1-2H3,(H,22,26,27). The number of piperidine rings is 1. The van der Waals surface area contributed by atoms with Crippen molar-refractivity contribution in [3.63, 3.8) is 0 Å². The molecule has 0 saturated carbocycles. The van der Waals surface area contributed by atoms with Crippen LogP contribution in [0.15, 0.2) is 18.2 Å². The maximum atomic E-state index is 13.0. The Morgan fingerprint density at radius 1 is 1.25 bits per heavy atom. The molecule has 4 rings (SSSR count). The third kappa shape index (κ3) is 3.12. The number of rotatable bonds is 3. The van der Waals surface area contributed by atoms with Crippen LogP contribution in [0, 0.1) is 5.92 Å². The molecule has 28 heavy (non-hydrogen) atoms. The second-order valence-electron chi connectivity index (χ2n) is 8.36. The van der Waals surface area contributed by atoms with Crippen LogP contribution in [0.1, 0.15) is 49.0 Å². The number of aryl methyl sites for hydroxylation is 1. The third-order valence-electron chi connectivity index (χ3n) is 5.99. The summed E-state index contributed by atoms with van der Waals surface area (Å²) in [4.78, 5) is 41.3. The molecule has 7 heteroatoms. The van der Waals surface area contributed by atoms with Gasteiger partial charge in [-0.15, -0.1) is 0 Å². The topological polar surface area (TPSA) is 79.0 Å². The van der Waals surface area contributed by atoms with Crippen LogP contribution in [-0.2, 0) is 11.2 Å². The van der Waals surface area contributed by atoms with Crippen LogP contribution in [0.5, 0.6) is 5.75 Å². The fourth-order valence-electron chi connectivity index (χ4n) is 4.47. The normalized spacial score (nSPS) is 21.0. The number of benzene rings is 1. The Kier molecular flexibility index (Phi) is 4.77. The zero-order valence-electron chi connectivity index (χ0n) is 16.5. The van der Waals surface area contributed by atoms with Crippen molar-refractivity contribution >= 4 is 17.8 Å². The molecular weight excluding hydrogens is 358 g/mol. The van der Waals surface area contributed by atoms with Crippen LogP contribution in [0.2, 0.25) is 0 Å². The van der Waals surface area contributed by atoms with Crippen molar-refractivity contribution in [2.45, 2.75) is 45.1 Å². The van der Waals surface area contributed by atoms with Crippen LogP contribution in [-0.4, -0.2) is 59.4 Å². The highest BCUT2D eigenvalue weighted by Crippen LogP contribution is 2.34. The first-order valence-corrected chi connectivity index (χ1v) is 10.1. The molecule has 1 aromatic rings. The average molecular weight is 385 g/mol. The van der Waals surface area contributed by atoms with Crippen molar-refractivity contribution in [3.8, 4) is 5.75 Å². The SMILES string of the molecule is CC(C)CN1C(=O)NC(=O)C12CCN(C(=O)c1ccc3c(c1)CCCO3)CC2. The van der Waals surface area contributed by atoms with Crippen LogP contribution in [0.4, 0.5) is 4.79 Å². The lowest BCUT2D eigenvalue weighted by Crippen LogP contribution is -2.58. The number of amides is 4. The average Bonchev–Trinajstić information content (AvgIpc) is 2.91. The van der Waals surface area contributed by atoms with Crippen molar-refractivity contribution in [2.75, 3.05) is 26.2 Å². The summed E-state index contributed by atoms with van der Waals surface area (Å²) in [6, 6.07) is 5.31. The zero-order valence-corrected chi connectivity index (χ0v) is 16.5. The molecule has 0 radical (unpaired) electrons. The molecular formula is C21H27N3O4. The first-order chi connectivity index (χ1) is 13.4. The molecule has 7 nitrogen and oxygen atoms in total. The second-order valence-corrected chi connectivity index (χ2v) is 8.36. The van der Waals surface area contributed by atoms with Gasteiger partial charge in [0.1, 0.15) is 11.3 Å². The van der Waals surface area contributed by atoms with E-state index >= 15 is 0 Å². The van der Waals surface area contributed by atoms with Gasteiger partial charge in [-0.2, -0.15) is 0 Å². The fourth-order valence-corrected chi connectivity index (χ4v) is 4.47. The van der Waals surface area contributed by atoms with Gasteiger partial charge in [0.2, 0.25) is 0 Å². The maximum Gasteiger partial charge on any atom is 0.325 e. The van der Waals surface area contributed by atoms with Crippen molar-refractivity contribution in [1.29, 1.82) is 0 Å². The van der Waals surface area contributed by atoms with E-state index in [0.717, 1.165) is 30.8 Å². The second kappa shape index (κ2) is 7.11. The summed E-state index contributed by atoms with van der Waals surface area (Å²) in [6.07, 6.45) is 2.83. The van der Waals surface area contributed by atoms with Gasteiger partial charge in [-0.3, -0.25) is 14.9 Å². The van der Waals surface area contributed by atoms with E-state index in [1.807, 2.05) is 32.0 Å². The number of hydrogen-bond donors (Lipinski definition) is 1. The number of hydrogen-bond acceptors (Lipinski definition) is 4. The number of likely N-dealkylation sites (tertiary alicyclic amines) is 1. The van der Waals surface area contributed by atoms with Crippen LogP contribution >= 0.6 is 0 Å². The molecule has 1 aromatic carbocycles. The number of carbonyl (C=O) groups is 3. The van der Waals surface area contributed by atoms with E-state index in [1.165, 1.54) is 0 Å². The quantitative estimate of drug-likeness (QED) is 0.809. The molecule has 0 bridgehead atoms. The van der Waals surface area contributed by atoms with Crippen molar-refractivity contribution in [2.24, 2.45) is 5.92 Å². The van der Waals surface area contributed by atoms with Crippen LogP contribution in [0.3, 0.4) is 0 Å². The Hall–Kier alpha value is -2.57. The molecule has 3 aliphatic heterocycles. The molecule has 1 spiro atoms. The minimum atomic E-state index is -0.818. The van der Waals surface area contributed by atoms with E-state index in [1.54, 1.807) is 9.80 Å². The number of imide groups is 1. The van der Waals surface area contributed by atoms with E-state index in [0.29, 0.717) is 38.0 Å². The third-order valence-corrected chi connectivity index (χ3v) is 5.99. The number of urea groups is 1. The Morgan fingerprint density at radius 2 is 2.00 bits per heavy atom. The van der Waals surface area contributed by atoms with Gasteiger partial charge in [0, 0.05) is 25.2 Å². The molecule has 1 N–H and O–H groups in total. The van der Waals surface area contributed by atoms with Gasteiger partial charge in [0.15, 0.2) is 0 Å². The van der Waals surface area contributed by atoms with Gasteiger partial charge in [-0.1, -0.05) is 13.8 Å². The van der Waals surface area contributed by atoms with E-state index in [9.17, 15) is 14.4 Å². The number of nitrogens with zero attached hydrogens (tertiary/aromatic N) is 2. The highest BCUT2D eigenvalue weighted by Gasteiger charge is 2.54. The van der Waals surface area contributed by atoms with Gasteiger partial charge < -0.3 is 14.5 Å². The van der Waals surface area contributed by atoms with Crippen LogP contribution < -0.4 is 10.1 Å². The minimum absolute atomic E-state index is 0.0247. The highest BCUT2D eigenvalue weighted by molar-refractivity contribution is 6.07. The van der Waals surface area contributed by atoms with Gasteiger partial charge >= 0.3 is 6.03 Å². The van der Waals surface area contributed by atoms with Gasteiger partial charge in [0.25, 0.3) is 11.8 Å². The zero-order chi connectivity index (χ0) is 19.9. The summed E-state index contributed by atoms with van der Waals surface area (Å²) in [5, 5.41) is 2.47. The Bertz CT molecular complexity index is 812. The van der Waals surface area contributed by atoms with E-state index in [2.05, 4.69) is 5.32 Å². The largest absolute Gasteiger partial charge is 0.493 e. The summed E-state index contributed by atoms with van der Waals surface area (Å²) in [7, 11) is 0. The van der Waals surface area contributed by atoms with Gasteiger partial charge in [0.05, 0.1) is 6.61 Å². The summed E-state index contributed by atoms with van der Waals surface area (Å²) in [6.45, 7) is 6.24. The first-order valence-electron chi connectivity index (χ1n) is 10.1. The molecule has 3 heterocycles. The summed E-state index contributed by atoms with van der Waals surface area (Å²) < 4.78 is 5.63. The number of ether oxygens (including phenoxy) is 1. The highest BCUT2D eigenvalue weighted by atomic mass is 16.5. The molecule has 4 amide bonds. The summed E-state index contributed by atoms with van der Waals surface area (Å²) in [5.41, 5.74) is 0.919. The molecule has 0 atom stereocenters. The lowest BCUT2D eigenvalue weighted by Gasteiger charge is -2.42. The predicted octanol–water partition coefficient (Wildman–Crippen LogP) is 2.19.